The minimum atomic E-state index is -0.830. The van der Waals surface area contributed by atoms with Gasteiger partial charge in [0.15, 0.2) is 11.6 Å². The van der Waals surface area contributed by atoms with E-state index in [1.54, 1.807) is 12.3 Å². The van der Waals surface area contributed by atoms with E-state index in [-0.39, 0.29) is 0 Å². The van der Waals surface area contributed by atoms with Crippen molar-refractivity contribution in [1.82, 2.24) is 4.98 Å². The molecule has 0 spiro atoms. The van der Waals surface area contributed by atoms with Gasteiger partial charge in [-0.15, -0.1) is 0 Å². The molecule has 0 atom stereocenters. The lowest BCUT2D eigenvalue weighted by atomic mass is 10.1. The Balaban J connectivity index is 1.85. The number of anilines is 1. The first kappa shape index (κ1) is 12.5. The molecule has 0 saturated carbocycles. The van der Waals surface area contributed by atoms with Crippen LogP contribution in [-0.4, -0.2) is 4.98 Å². The van der Waals surface area contributed by atoms with Gasteiger partial charge < -0.3 is 5.32 Å². The third-order valence-electron chi connectivity index (χ3n) is 3.12. The van der Waals surface area contributed by atoms with E-state index in [0.717, 1.165) is 22.7 Å². The highest BCUT2D eigenvalue weighted by molar-refractivity contribution is 5.90. The fourth-order valence-electron chi connectivity index (χ4n) is 2.10. The van der Waals surface area contributed by atoms with E-state index in [1.807, 2.05) is 30.3 Å². The molecule has 0 fully saturated rings. The lowest BCUT2D eigenvalue weighted by Gasteiger charge is -2.09. The first-order valence-electron chi connectivity index (χ1n) is 6.25. The van der Waals surface area contributed by atoms with Gasteiger partial charge in [0.1, 0.15) is 0 Å². The van der Waals surface area contributed by atoms with Crippen LogP contribution in [0.4, 0.5) is 14.5 Å². The summed E-state index contributed by atoms with van der Waals surface area (Å²) in [6, 6.07) is 13.5. The van der Waals surface area contributed by atoms with Crippen LogP contribution in [0, 0.1) is 11.6 Å². The minimum absolute atomic E-state index is 0.422. The van der Waals surface area contributed by atoms with Gasteiger partial charge in [-0.05, 0) is 29.8 Å². The maximum absolute atomic E-state index is 13.1. The second-order valence-electron chi connectivity index (χ2n) is 4.48. The van der Waals surface area contributed by atoms with Gasteiger partial charge in [0.05, 0.1) is 5.52 Å². The number of pyridine rings is 1. The minimum Gasteiger partial charge on any atom is -0.380 e. The van der Waals surface area contributed by atoms with E-state index in [4.69, 9.17) is 0 Å². The number of hydrogen-bond donors (Lipinski definition) is 1. The molecule has 1 heterocycles. The van der Waals surface area contributed by atoms with Crippen LogP contribution in [0.3, 0.4) is 0 Å². The summed E-state index contributed by atoms with van der Waals surface area (Å²) in [6.45, 7) is 0.422. The van der Waals surface area contributed by atoms with Gasteiger partial charge in [0, 0.05) is 23.8 Å². The third-order valence-corrected chi connectivity index (χ3v) is 3.12. The van der Waals surface area contributed by atoms with E-state index in [9.17, 15) is 8.78 Å². The van der Waals surface area contributed by atoms with Crippen LogP contribution in [0.2, 0.25) is 0 Å². The SMILES string of the molecule is Fc1ccc(CNc2ccnc3ccccc23)cc1F. The van der Waals surface area contributed by atoms with Crippen molar-refractivity contribution in [2.45, 2.75) is 6.54 Å². The molecule has 0 unspecified atom stereocenters. The summed E-state index contributed by atoms with van der Waals surface area (Å²) >= 11 is 0. The molecule has 2 nitrogen and oxygen atoms in total. The fraction of sp³-hybridized carbons (Fsp3) is 0.0625. The number of rotatable bonds is 3. The number of hydrogen-bond acceptors (Lipinski definition) is 2. The highest BCUT2D eigenvalue weighted by Crippen LogP contribution is 2.21. The van der Waals surface area contributed by atoms with Crippen LogP contribution in [0.15, 0.2) is 54.7 Å². The van der Waals surface area contributed by atoms with E-state index in [0.29, 0.717) is 12.1 Å². The molecule has 20 heavy (non-hydrogen) atoms. The summed E-state index contributed by atoms with van der Waals surface area (Å²) in [5, 5.41) is 4.22. The Morgan fingerprint density at radius 2 is 1.80 bits per heavy atom. The maximum Gasteiger partial charge on any atom is 0.159 e. The smallest absolute Gasteiger partial charge is 0.159 e. The number of aromatic nitrogens is 1. The lowest BCUT2D eigenvalue weighted by molar-refractivity contribution is 0.507. The molecule has 0 bridgehead atoms. The van der Waals surface area contributed by atoms with Crippen LogP contribution in [0.5, 0.6) is 0 Å². The molecule has 1 N–H and O–H groups in total. The maximum atomic E-state index is 13.1. The van der Waals surface area contributed by atoms with Gasteiger partial charge in [0.2, 0.25) is 0 Å². The summed E-state index contributed by atoms with van der Waals surface area (Å²) in [5.41, 5.74) is 2.49. The summed E-state index contributed by atoms with van der Waals surface area (Å²) in [7, 11) is 0. The number of benzene rings is 2. The Morgan fingerprint density at radius 1 is 0.950 bits per heavy atom. The van der Waals surface area contributed by atoms with E-state index >= 15 is 0 Å². The second kappa shape index (κ2) is 5.25. The molecule has 2 aromatic carbocycles. The molecule has 0 aliphatic rings. The molecule has 3 rings (SSSR count). The first-order valence-corrected chi connectivity index (χ1v) is 6.25. The van der Waals surface area contributed by atoms with Gasteiger partial charge in [-0.3, -0.25) is 4.98 Å². The topological polar surface area (TPSA) is 24.9 Å². The standard InChI is InChI=1S/C16H12F2N2/c17-13-6-5-11(9-14(13)18)10-20-16-7-8-19-15-4-2-1-3-12(15)16/h1-9H,10H2,(H,19,20). The number of para-hydroxylation sites is 1. The lowest BCUT2D eigenvalue weighted by Crippen LogP contribution is -2.01. The molecule has 0 saturated heterocycles. The van der Waals surface area contributed by atoms with E-state index in [2.05, 4.69) is 10.3 Å². The summed E-state index contributed by atoms with van der Waals surface area (Å²) < 4.78 is 26.0. The molecular formula is C16H12F2N2. The summed E-state index contributed by atoms with van der Waals surface area (Å²) in [6.07, 6.45) is 1.72. The third kappa shape index (κ3) is 2.45. The molecule has 1 aromatic heterocycles. The van der Waals surface area contributed by atoms with Crippen molar-refractivity contribution in [3.63, 3.8) is 0 Å². The normalized spacial score (nSPS) is 10.7. The number of nitrogens with zero attached hydrogens (tertiary/aromatic N) is 1. The zero-order valence-corrected chi connectivity index (χ0v) is 10.6. The monoisotopic (exact) mass is 270 g/mol. The van der Waals surface area contributed by atoms with Crippen molar-refractivity contribution in [2.75, 3.05) is 5.32 Å². The van der Waals surface area contributed by atoms with Gasteiger partial charge in [-0.25, -0.2) is 8.78 Å². The average Bonchev–Trinajstić information content (AvgIpc) is 2.48. The molecule has 0 aliphatic carbocycles. The van der Waals surface area contributed by atoms with Gasteiger partial charge in [-0.1, -0.05) is 24.3 Å². The quantitative estimate of drug-likeness (QED) is 0.774. The Hall–Kier alpha value is -2.49. The Kier molecular flexibility index (Phi) is 3.29. The van der Waals surface area contributed by atoms with Gasteiger partial charge in [-0.2, -0.15) is 0 Å². The van der Waals surface area contributed by atoms with Gasteiger partial charge in [0.25, 0.3) is 0 Å². The molecular weight excluding hydrogens is 258 g/mol. The van der Waals surface area contributed by atoms with Gasteiger partial charge >= 0.3 is 0 Å². The highest BCUT2D eigenvalue weighted by Gasteiger charge is 2.04. The average molecular weight is 270 g/mol. The Morgan fingerprint density at radius 3 is 2.65 bits per heavy atom. The highest BCUT2D eigenvalue weighted by atomic mass is 19.2. The van der Waals surface area contributed by atoms with Crippen LogP contribution < -0.4 is 5.32 Å². The van der Waals surface area contributed by atoms with Crippen molar-refractivity contribution in [1.29, 1.82) is 0 Å². The Labute approximate surface area is 115 Å². The second-order valence-corrected chi connectivity index (χ2v) is 4.48. The zero-order chi connectivity index (χ0) is 13.9. The van der Waals surface area contributed by atoms with Crippen LogP contribution >= 0.6 is 0 Å². The Bertz CT molecular complexity index is 751. The van der Waals surface area contributed by atoms with Crippen LogP contribution in [0.1, 0.15) is 5.56 Å². The fourth-order valence-corrected chi connectivity index (χ4v) is 2.10. The number of nitrogens with one attached hydrogen (secondary N) is 1. The molecule has 0 radical (unpaired) electrons. The number of halogens is 2. The van der Waals surface area contributed by atoms with Crippen molar-refractivity contribution in [3.05, 3.63) is 71.9 Å². The molecule has 0 amide bonds. The van der Waals surface area contributed by atoms with Crippen molar-refractivity contribution in [3.8, 4) is 0 Å². The van der Waals surface area contributed by atoms with E-state index in [1.165, 1.54) is 6.07 Å². The summed E-state index contributed by atoms with van der Waals surface area (Å²) in [4.78, 5) is 4.27. The largest absolute Gasteiger partial charge is 0.380 e. The summed E-state index contributed by atoms with van der Waals surface area (Å²) in [5.74, 6) is -1.66. The molecule has 4 heteroatoms. The molecule has 0 aliphatic heterocycles. The molecule has 3 aromatic rings. The van der Waals surface area contributed by atoms with E-state index < -0.39 is 11.6 Å². The van der Waals surface area contributed by atoms with Crippen LogP contribution in [0.25, 0.3) is 10.9 Å². The zero-order valence-electron chi connectivity index (χ0n) is 10.6. The molecule has 100 valence electrons. The predicted octanol–water partition coefficient (Wildman–Crippen LogP) is 4.13. The van der Waals surface area contributed by atoms with Crippen molar-refractivity contribution >= 4 is 16.6 Å². The van der Waals surface area contributed by atoms with Crippen molar-refractivity contribution < 1.29 is 8.78 Å². The first-order chi connectivity index (χ1) is 9.74. The van der Waals surface area contributed by atoms with Crippen molar-refractivity contribution in [2.24, 2.45) is 0 Å². The predicted molar refractivity (Wildman–Crippen MR) is 75.4 cm³/mol. The number of fused-ring (bicyclic) bond motifs is 1. The van der Waals surface area contributed by atoms with Crippen LogP contribution in [-0.2, 0) is 6.54 Å².